The molecule has 0 rings (SSSR count). The Labute approximate surface area is 187 Å². The van der Waals surface area contributed by atoms with Crippen LogP contribution in [0.5, 0.6) is 0 Å². The van der Waals surface area contributed by atoms with Crippen molar-refractivity contribution in [2.24, 2.45) is 5.41 Å². The highest BCUT2D eigenvalue weighted by Crippen LogP contribution is 2.25. The molecule has 0 spiro atoms. The van der Waals surface area contributed by atoms with E-state index in [1.54, 1.807) is 19.1 Å². The molecule has 0 aromatic heterocycles. The number of rotatable bonds is 13. The maximum atomic E-state index is 12.4. The summed E-state index contributed by atoms with van der Waals surface area (Å²) in [6.07, 6.45) is 21.4. The Balaban J connectivity index is 4.74. The number of hydrogen-bond donors (Lipinski definition) is 1. The number of carboxylic acid groups (broad SMARTS) is 1. The molecule has 0 saturated heterocycles. The van der Waals surface area contributed by atoms with Crippen LogP contribution in [0.3, 0.4) is 0 Å². The van der Waals surface area contributed by atoms with Crippen molar-refractivity contribution < 1.29 is 19.5 Å². The average Bonchev–Trinajstić information content (AvgIpc) is 2.67. The Kier molecular flexibility index (Phi) is 13.4. The van der Waals surface area contributed by atoms with Gasteiger partial charge < -0.3 is 9.90 Å². The van der Waals surface area contributed by atoms with Crippen molar-refractivity contribution in [2.45, 2.75) is 60.8 Å². The third kappa shape index (κ3) is 15.5. The number of hydrogen-bond acceptors (Lipinski definition) is 3. The van der Waals surface area contributed by atoms with Crippen LogP contribution in [0.15, 0.2) is 83.6 Å². The van der Waals surface area contributed by atoms with E-state index in [4.69, 9.17) is 5.11 Å². The Bertz CT molecular complexity index is 840. The molecule has 0 fully saturated rings. The minimum absolute atomic E-state index is 0.0653. The zero-order chi connectivity index (χ0) is 23.9. The SMILES string of the molecule is CC(=O)CCCC(C)(C)C(=O)/C=C/C(C)=C/C=C/C(C)=C/C=C/C=C(C)/C=C/C(=O)O. The van der Waals surface area contributed by atoms with Gasteiger partial charge in [-0.1, -0.05) is 85.3 Å². The Hall–Kier alpha value is -3.01. The summed E-state index contributed by atoms with van der Waals surface area (Å²) in [4.78, 5) is 34.0. The predicted molar refractivity (Wildman–Crippen MR) is 129 cm³/mol. The highest BCUT2D eigenvalue weighted by atomic mass is 16.4. The molecule has 0 bridgehead atoms. The van der Waals surface area contributed by atoms with Crippen LogP contribution in [0.2, 0.25) is 0 Å². The molecule has 0 aliphatic carbocycles. The summed E-state index contributed by atoms with van der Waals surface area (Å²) in [5, 5.41) is 8.59. The van der Waals surface area contributed by atoms with Crippen molar-refractivity contribution in [3.05, 3.63) is 83.6 Å². The molecule has 0 aliphatic rings. The fourth-order valence-electron chi connectivity index (χ4n) is 2.47. The number of aliphatic carboxylic acids is 1. The number of ketones is 2. The molecule has 0 saturated carbocycles. The zero-order valence-electron chi connectivity index (χ0n) is 19.6. The molecule has 1 N–H and O–H groups in total. The number of carbonyl (C=O) groups is 3. The van der Waals surface area contributed by atoms with Gasteiger partial charge in [-0.15, -0.1) is 0 Å². The smallest absolute Gasteiger partial charge is 0.328 e. The maximum absolute atomic E-state index is 12.4. The topological polar surface area (TPSA) is 71.4 Å². The van der Waals surface area contributed by atoms with E-state index in [2.05, 4.69) is 0 Å². The van der Waals surface area contributed by atoms with E-state index in [1.807, 2.05) is 83.2 Å². The van der Waals surface area contributed by atoms with Gasteiger partial charge in [-0.2, -0.15) is 0 Å². The molecule has 0 amide bonds. The molecule has 0 aliphatic heterocycles. The summed E-state index contributed by atoms with van der Waals surface area (Å²) in [6, 6.07) is 0. The van der Waals surface area contributed by atoms with Crippen molar-refractivity contribution in [3.8, 4) is 0 Å². The number of carboxylic acids is 1. The van der Waals surface area contributed by atoms with Crippen LogP contribution < -0.4 is 0 Å². The molecule has 4 heteroatoms. The quantitative estimate of drug-likeness (QED) is 0.271. The normalized spacial score (nSPS) is 14.5. The van der Waals surface area contributed by atoms with E-state index in [0.717, 1.165) is 29.2 Å². The van der Waals surface area contributed by atoms with E-state index < -0.39 is 11.4 Å². The summed E-state index contributed by atoms with van der Waals surface area (Å²) in [5.74, 6) is -0.743. The molecule has 0 atom stereocenters. The maximum Gasteiger partial charge on any atom is 0.328 e. The molecular formula is C27H36O4. The monoisotopic (exact) mass is 424 g/mol. The lowest BCUT2D eigenvalue weighted by atomic mass is 9.82. The van der Waals surface area contributed by atoms with Crippen LogP contribution in [-0.2, 0) is 14.4 Å². The highest BCUT2D eigenvalue weighted by Gasteiger charge is 2.24. The number of carbonyl (C=O) groups excluding carboxylic acids is 2. The standard InChI is InChI=1S/C27H36O4/c1-21(11-7-8-12-22(2)17-19-26(30)31)13-9-14-23(3)16-18-25(29)27(5,6)20-10-15-24(4)28/h7-9,11-14,16-19H,10,15,20H2,1-6H3,(H,30,31)/b8-7+,13-9+,18-16+,19-17+,21-11+,22-12+,23-14+. The van der Waals surface area contributed by atoms with Gasteiger partial charge in [0.15, 0.2) is 5.78 Å². The molecule has 31 heavy (non-hydrogen) atoms. The van der Waals surface area contributed by atoms with Crippen LogP contribution in [0.4, 0.5) is 0 Å². The lowest BCUT2D eigenvalue weighted by Crippen LogP contribution is -2.22. The van der Waals surface area contributed by atoms with Gasteiger partial charge in [-0.25, -0.2) is 4.79 Å². The molecule has 4 nitrogen and oxygen atoms in total. The number of allylic oxidation sites excluding steroid dienone is 13. The second-order valence-corrected chi connectivity index (χ2v) is 8.28. The summed E-state index contributed by atoms with van der Waals surface area (Å²) < 4.78 is 0. The Morgan fingerprint density at radius 1 is 0.710 bits per heavy atom. The van der Waals surface area contributed by atoms with Crippen LogP contribution >= 0.6 is 0 Å². The van der Waals surface area contributed by atoms with Gasteiger partial charge in [0.05, 0.1) is 0 Å². The first kappa shape index (κ1) is 28.0. The fraction of sp³-hybridized carbons (Fsp3) is 0.370. The molecule has 0 aromatic rings. The van der Waals surface area contributed by atoms with Crippen molar-refractivity contribution >= 4 is 17.5 Å². The predicted octanol–water partition coefficient (Wildman–Crippen LogP) is 6.49. The minimum atomic E-state index is -0.964. The molecule has 0 unspecified atom stereocenters. The second-order valence-electron chi connectivity index (χ2n) is 8.28. The van der Waals surface area contributed by atoms with Gasteiger partial charge in [0.1, 0.15) is 5.78 Å². The van der Waals surface area contributed by atoms with Crippen molar-refractivity contribution in [3.63, 3.8) is 0 Å². The van der Waals surface area contributed by atoms with Gasteiger partial charge in [0.25, 0.3) is 0 Å². The fourth-order valence-corrected chi connectivity index (χ4v) is 2.47. The van der Waals surface area contributed by atoms with Gasteiger partial charge in [0.2, 0.25) is 0 Å². The van der Waals surface area contributed by atoms with Gasteiger partial charge in [0, 0.05) is 17.9 Å². The van der Waals surface area contributed by atoms with Crippen LogP contribution in [0.25, 0.3) is 0 Å². The lowest BCUT2D eigenvalue weighted by Gasteiger charge is -2.20. The van der Waals surface area contributed by atoms with E-state index in [9.17, 15) is 14.4 Å². The average molecular weight is 425 g/mol. The number of Topliss-reactive ketones (excluding diaryl/α,β-unsaturated/α-hetero) is 1. The summed E-state index contributed by atoms with van der Waals surface area (Å²) in [7, 11) is 0. The van der Waals surface area contributed by atoms with E-state index in [1.165, 1.54) is 0 Å². The Morgan fingerprint density at radius 2 is 1.19 bits per heavy atom. The first-order valence-corrected chi connectivity index (χ1v) is 10.4. The summed E-state index contributed by atoms with van der Waals surface area (Å²) in [6.45, 7) is 11.2. The van der Waals surface area contributed by atoms with Crippen molar-refractivity contribution in [2.75, 3.05) is 0 Å². The Morgan fingerprint density at radius 3 is 1.71 bits per heavy atom. The highest BCUT2D eigenvalue weighted by molar-refractivity contribution is 5.94. The molecule has 0 radical (unpaired) electrons. The van der Waals surface area contributed by atoms with Crippen molar-refractivity contribution in [1.82, 2.24) is 0 Å². The van der Waals surface area contributed by atoms with E-state index >= 15 is 0 Å². The summed E-state index contributed by atoms with van der Waals surface area (Å²) in [5.41, 5.74) is 2.40. The van der Waals surface area contributed by atoms with E-state index in [0.29, 0.717) is 12.8 Å². The molecule has 0 aromatic carbocycles. The summed E-state index contributed by atoms with van der Waals surface area (Å²) >= 11 is 0. The van der Waals surface area contributed by atoms with Crippen LogP contribution in [0, 0.1) is 5.41 Å². The van der Waals surface area contributed by atoms with Crippen molar-refractivity contribution in [1.29, 1.82) is 0 Å². The van der Waals surface area contributed by atoms with Crippen LogP contribution in [-0.4, -0.2) is 22.6 Å². The lowest BCUT2D eigenvalue weighted by molar-refractivity contribution is -0.131. The zero-order valence-corrected chi connectivity index (χ0v) is 19.6. The van der Waals surface area contributed by atoms with E-state index in [-0.39, 0.29) is 11.6 Å². The van der Waals surface area contributed by atoms with Gasteiger partial charge in [-0.3, -0.25) is 4.79 Å². The molecular weight excluding hydrogens is 388 g/mol. The first-order chi connectivity index (χ1) is 14.4. The largest absolute Gasteiger partial charge is 0.478 e. The second kappa shape index (κ2) is 14.9. The third-order valence-electron chi connectivity index (χ3n) is 4.53. The van der Waals surface area contributed by atoms with Crippen LogP contribution in [0.1, 0.15) is 60.8 Å². The third-order valence-corrected chi connectivity index (χ3v) is 4.53. The molecule has 168 valence electrons. The van der Waals surface area contributed by atoms with Gasteiger partial charge >= 0.3 is 5.97 Å². The first-order valence-electron chi connectivity index (χ1n) is 10.4. The molecule has 0 heterocycles. The minimum Gasteiger partial charge on any atom is -0.478 e. The van der Waals surface area contributed by atoms with Gasteiger partial charge in [-0.05, 0) is 46.6 Å².